The zero-order chi connectivity index (χ0) is 12.0. The van der Waals surface area contributed by atoms with Crippen LogP contribution in [0.2, 0.25) is 0 Å². The van der Waals surface area contributed by atoms with Crippen molar-refractivity contribution in [2.24, 2.45) is 11.7 Å². The van der Waals surface area contributed by atoms with Crippen LogP contribution in [0.15, 0.2) is 0 Å². The lowest BCUT2D eigenvalue weighted by Gasteiger charge is -2.25. The molecule has 0 radical (unpaired) electrons. The van der Waals surface area contributed by atoms with E-state index in [0.29, 0.717) is 6.54 Å². The van der Waals surface area contributed by atoms with Gasteiger partial charge in [0.15, 0.2) is 0 Å². The predicted molar refractivity (Wildman–Crippen MR) is 67.1 cm³/mol. The highest BCUT2D eigenvalue weighted by atomic mass is 16.2. The van der Waals surface area contributed by atoms with Gasteiger partial charge in [0.05, 0.1) is 0 Å². The summed E-state index contributed by atoms with van der Waals surface area (Å²) in [5, 5.41) is 0. The van der Waals surface area contributed by atoms with E-state index in [1.54, 1.807) is 0 Å². The van der Waals surface area contributed by atoms with E-state index >= 15 is 0 Å². The first-order chi connectivity index (χ1) is 7.65. The van der Waals surface area contributed by atoms with E-state index in [-0.39, 0.29) is 11.9 Å². The number of rotatable bonds is 6. The lowest BCUT2D eigenvalue weighted by molar-refractivity contribution is -0.132. The van der Waals surface area contributed by atoms with Crippen LogP contribution in [0, 0.1) is 5.92 Å². The van der Waals surface area contributed by atoms with Crippen molar-refractivity contribution in [3.63, 3.8) is 0 Å². The molecule has 0 aromatic carbocycles. The Labute approximate surface area is 99.4 Å². The normalized spacial score (nSPS) is 18.7. The van der Waals surface area contributed by atoms with Crippen LogP contribution in [-0.2, 0) is 4.79 Å². The molecule has 0 aromatic heterocycles. The van der Waals surface area contributed by atoms with Crippen molar-refractivity contribution in [3.8, 4) is 0 Å². The molecule has 1 saturated carbocycles. The number of hydrogen-bond acceptors (Lipinski definition) is 2. The van der Waals surface area contributed by atoms with Gasteiger partial charge in [-0.3, -0.25) is 4.79 Å². The number of nitrogens with two attached hydrogens (primary N) is 1. The molecule has 16 heavy (non-hydrogen) atoms. The smallest absolute Gasteiger partial charge is 0.222 e. The molecular weight excluding hydrogens is 200 g/mol. The first-order valence-corrected chi connectivity index (χ1v) is 6.61. The molecule has 0 bridgehead atoms. The summed E-state index contributed by atoms with van der Waals surface area (Å²) in [6.45, 7) is 2.72. The third-order valence-corrected chi connectivity index (χ3v) is 3.88. The first kappa shape index (κ1) is 13.5. The third-order valence-electron chi connectivity index (χ3n) is 3.88. The second kappa shape index (κ2) is 6.89. The molecule has 1 aliphatic carbocycles. The van der Waals surface area contributed by atoms with E-state index in [1.807, 2.05) is 11.9 Å². The second-order valence-electron chi connectivity index (χ2n) is 5.12. The van der Waals surface area contributed by atoms with Gasteiger partial charge in [0.1, 0.15) is 0 Å². The van der Waals surface area contributed by atoms with Crippen LogP contribution >= 0.6 is 0 Å². The van der Waals surface area contributed by atoms with Gasteiger partial charge in [0.25, 0.3) is 0 Å². The highest BCUT2D eigenvalue weighted by molar-refractivity contribution is 5.76. The molecular formula is C13H26N2O. The van der Waals surface area contributed by atoms with Gasteiger partial charge < -0.3 is 10.6 Å². The Morgan fingerprint density at radius 3 is 2.62 bits per heavy atom. The molecule has 0 aromatic rings. The quantitative estimate of drug-likeness (QED) is 0.754. The summed E-state index contributed by atoms with van der Waals surface area (Å²) in [5.41, 5.74) is 5.50. The van der Waals surface area contributed by atoms with Crippen LogP contribution in [0.5, 0.6) is 0 Å². The Balaban J connectivity index is 2.22. The first-order valence-electron chi connectivity index (χ1n) is 6.61. The summed E-state index contributed by atoms with van der Waals surface area (Å²) in [7, 11) is 1.90. The fraction of sp³-hybridized carbons (Fsp3) is 0.923. The Kier molecular flexibility index (Phi) is 5.81. The molecule has 0 heterocycles. The largest absolute Gasteiger partial charge is 0.343 e. The van der Waals surface area contributed by atoms with E-state index in [4.69, 9.17) is 5.73 Å². The van der Waals surface area contributed by atoms with Crippen molar-refractivity contribution in [3.05, 3.63) is 0 Å². The SMILES string of the molecule is CC(CCN)N(C)C(=O)CCC1CCCC1. The van der Waals surface area contributed by atoms with Gasteiger partial charge in [0, 0.05) is 19.5 Å². The summed E-state index contributed by atoms with van der Waals surface area (Å²) in [6, 6.07) is 0.279. The van der Waals surface area contributed by atoms with Crippen LogP contribution in [-0.4, -0.2) is 30.4 Å². The highest BCUT2D eigenvalue weighted by Crippen LogP contribution is 2.28. The minimum absolute atomic E-state index is 0.279. The fourth-order valence-corrected chi connectivity index (χ4v) is 2.48. The maximum absolute atomic E-state index is 11.9. The lowest BCUT2D eigenvalue weighted by Crippen LogP contribution is -2.36. The molecule has 3 heteroatoms. The van der Waals surface area contributed by atoms with Crippen molar-refractivity contribution in [2.75, 3.05) is 13.6 Å². The monoisotopic (exact) mass is 226 g/mol. The molecule has 1 unspecified atom stereocenters. The molecule has 1 atom stereocenters. The van der Waals surface area contributed by atoms with Gasteiger partial charge in [-0.1, -0.05) is 25.7 Å². The van der Waals surface area contributed by atoms with E-state index < -0.39 is 0 Å². The number of carbonyl (C=O) groups is 1. The summed E-state index contributed by atoms with van der Waals surface area (Å²) >= 11 is 0. The highest BCUT2D eigenvalue weighted by Gasteiger charge is 2.19. The van der Waals surface area contributed by atoms with Crippen LogP contribution in [0.3, 0.4) is 0 Å². The third kappa shape index (κ3) is 4.12. The summed E-state index contributed by atoms with van der Waals surface area (Å²) in [5.74, 6) is 1.09. The zero-order valence-corrected chi connectivity index (χ0v) is 10.7. The molecule has 94 valence electrons. The Hall–Kier alpha value is -0.570. The Morgan fingerprint density at radius 1 is 1.44 bits per heavy atom. The van der Waals surface area contributed by atoms with Gasteiger partial charge in [-0.15, -0.1) is 0 Å². The van der Waals surface area contributed by atoms with Crippen LogP contribution in [0.1, 0.15) is 51.9 Å². The molecule has 0 aliphatic heterocycles. The summed E-state index contributed by atoms with van der Waals surface area (Å²) in [6.07, 6.45) is 8.07. The molecule has 1 rings (SSSR count). The second-order valence-corrected chi connectivity index (χ2v) is 5.12. The molecule has 2 N–H and O–H groups in total. The van der Waals surface area contributed by atoms with Gasteiger partial charge in [-0.2, -0.15) is 0 Å². The van der Waals surface area contributed by atoms with E-state index in [0.717, 1.165) is 25.2 Å². The summed E-state index contributed by atoms with van der Waals surface area (Å²) in [4.78, 5) is 13.8. The standard InChI is InChI=1S/C13H26N2O/c1-11(9-10-14)15(2)13(16)8-7-12-5-3-4-6-12/h11-12H,3-10,14H2,1-2H3. The summed E-state index contributed by atoms with van der Waals surface area (Å²) < 4.78 is 0. The topological polar surface area (TPSA) is 46.3 Å². The molecule has 3 nitrogen and oxygen atoms in total. The number of hydrogen-bond donors (Lipinski definition) is 1. The number of nitrogens with zero attached hydrogens (tertiary/aromatic N) is 1. The lowest BCUT2D eigenvalue weighted by atomic mass is 10.0. The Morgan fingerprint density at radius 2 is 2.06 bits per heavy atom. The number of carbonyl (C=O) groups excluding carboxylic acids is 1. The number of amides is 1. The average molecular weight is 226 g/mol. The minimum Gasteiger partial charge on any atom is -0.343 e. The molecule has 0 saturated heterocycles. The van der Waals surface area contributed by atoms with E-state index in [1.165, 1.54) is 25.7 Å². The van der Waals surface area contributed by atoms with Crippen molar-refractivity contribution in [1.29, 1.82) is 0 Å². The van der Waals surface area contributed by atoms with Gasteiger partial charge in [-0.25, -0.2) is 0 Å². The van der Waals surface area contributed by atoms with Crippen LogP contribution in [0.4, 0.5) is 0 Å². The fourth-order valence-electron chi connectivity index (χ4n) is 2.48. The average Bonchev–Trinajstić information content (AvgIpc) is 2.78. The molecule has 1 aliphatic rings. The van der Waals surface area contributed by atoms with Crippen molar-refractivity contribution in [1.82, 2.24) is 4.90 Å². The Bertz CT molecular complexity index is 212. The maximum Gasteiger partial charge on any atom is 0.222 e. The van der Waals surface area contributed by atoms with Crippen molar-refractivity contribution >= 4 is 5.91 Å². The zero-order valence-electron chi connectivity index (χ0n) is 10.7. The molecule has 0 spiro atoms. The van der Waals surface area contributed by atoms with Crippen molar-refractivity contribution < 1.29 is 4.79 Å². The van der Waals surface area contributed by atoms with E-state index in [2.05, 4.69) is 6.92 Å². The molecule has 1 fully saturated rings. The molecule has 1 amide bonds. The maximum atomic E-state index is 11.9. The van der Waals surface area contributed by atoms with Crippen LogP contribution in [0.25, 0.3) is 0 Å². The van der Waals surface area contributed by atoms with Gasteiger partial charge in [0.2, 0.25) is 5.91 Å². The van der Waals surface area contributed by atoms with Crippen molar-refractivity contribution in [2.45, 2.75) is 57.9 Å². The van der Waals surface area contributed by atoms with Gasteiger partial charge >= 0.3 is 0 Å². The van der Waals surface area contributed by atoms with Crippen LogP contribution < -0.4 is 5.73 Å². The van der Waals surface area contributed by atoms with Gasteiger partial charge in [-0.05, 0) is 32.2 Å². The predicted octanol–water partition coefficient (Wildman–Crippen LogP) is 2.15. The van der Waals surface area contributed by atoms with E-state index in [9.17, 15) is 4.79 Å². The minimum atomic E-state index is 0.279.